The van der Waals surface area contributed by atoms with Crippen LogP contribution >= 0.6 is 0 Å². The van der Waals surface area contributed by atoms with Gasteiger partial charge in [0.2, 0.25) is 0 Å². The molecule has 4 rings (SSSR count). The number of allylic oxidation sites excluding steroid dienone is 1. The van der Waals surface area contributed by atoms with Crippen molar-refractivity contribution in [2.24, 2.45) is 4.99 Å². The van der Waals surface area contributed by atoms with Crippen LogP contribution in [0.4, 0.5) is 17.2 Å². The van der Waals surface area contributed by atoms with E-state index in [-0.39, 0.29) is 5.56 Å². The number of nitrogens with zero attached hydrogens (tertiary/aromatic N) is 1. The fourth-order valence-corrected chi connectivity index (χ4v) is 2.73. The molecule has 1 aliphatic rings. The first-order valence-corrected chi connectivity index (χ1v) is 7.81. The second kappa shape index (κ2) is 6.16. The maximum atomic E-state index is 12.2. The molecule has 1 aliphatic heterocycles. The third kappa shape index (κ3) is 2.85. The highest BCUT2D eigenvalue weighted by atomic mass is 16.5. The lowest BCUT2D eigenvalue weighted by Crippen LogP contribution is -2.03. The van der Waals surface area contributed by atoms with Gasteiger partial charge < -0.3 is 10.1 Å². The number of methoxy groups -OCH3 is 1. The Hall–Kier alpha value is -3.54. The quantitative estimate of drug-likeness (QED) is 0.681. The molecule has 0 atom stereocenters. The zero-order valence-corrected chi connectivity index (χ0v) is 13.5. The predicted octanol–water partition coefficient (Wildman–Crippen LogP) is 3.71. The molecule has 0 saturated heterocycles. The van der Waals surface area contributed by atoms with Crippen molar-refractivity contribution in [3.63, 3.8) is 0 Å². The van der Waals surface area contributed by atoms with E-state index >= 15 is 0 Å². The standard InChI is InChI=1S/C19H16N4O2/c1-25-14-8-6-13(7-9-14)21-18-16(19(24)23-22-18)10-12-11-20-17-5-3-2-4-15(12)17/h2-11H,1H3,(H3,21,22,23,24)/b12-10-. The molecule has 0 amide bonds. The first kappa shape index (κ1) is 15.0. The Balaban J connectivity index is 1.68. The molecule has 2 aromatic carbocycles. The summed E-state index contributed by atoms with van der Waals surface area (Å²) in [6.45, 7) is 0. The van der Waals surface area contributed by atoms with Crippen LogP contribution in [0.3, 0.4) is 0 Å². The minimum atomic E-state index is -0.193. The van der Waals surface area contributed by atoms with Gasteiger partial charge in [-0.25, -0.2) is 0 Å². The Kier molecular flexibility index (Phi) is 3.70. The fourth-order valence-electron chi connectivity index (χ4n) is 2.73. The van der Waals surface area contributed by atoms with Gasteiger partial charge in [-0.2, -0.15) is 0 Å². The van der Waals surface area contributed by atoms with E-state index in [0.717, 1.165) is 28.3 Å². The first-order valence-electron chi connectivity index (χ1n) is 7.81. The fraction of sp³-hybridized carbons (Fsp3) is 0.0526. The summed E-state index contributed by atoms with van der Waals surface area (Å²) in [6.07, 6.45) is 3.60. The number of anilines is 2. The minimum Gasteiger partial charge on any atom is -0.497 e. The smallest absolute Gasteiger partial charge is 0.273 e. The Morgan fingerprint density at radius 2 is 1.88 bits per heavy atom. The third-order valence-corrected chi connectivity index (χ3v) is 4.03. The molecule has 0 aliphatic carbocycles. The van der Waals surface area contributed by atoms with Gasteiger partial charge in [0.1, 0.15) is 11.6 Å². The Morgan fingerprint density at radius 1 is 1.08 bits per heavy atom. The lowest BCUT2D eigenvalue weighted by atomic mass is 10.1. The van der Waals surface area contributed by atoms with Gasteiger partial charge in [-0.05, 0) is 36.4 Å². The van der Waals surface area contributed by atoms with Crippen molar-refractivity contribution in [3.05, 3.63) is 70.0 Å². The van der Waals surface area contributed by atoms with Gasteiger partial charge in [-0.1, -0.05) is 18.2 Å². The average molecular weight is 332 g/mol. The van der Waals surface area contributed by atoms with E-state index in [1.807, 2.05) is 54.6 Å². The highest BCUT2D eigenvalue weighted by molar-refractivity contribution is 6.21. The number of aromatic amines is 2. The second-order valence-electron chi connectivity index (χ2n) is 5.60. The van der Waals surface area contributed by atoms with Gasteiger partial charge in [0.25, 0.3) is 5.56 Å². The van der Waals surface area contributed by atoms with Crippen LogP contribution in [-0.2, 0) is 0 Å². The molecule has 25 heavy (non-hydrogen) atoms. The maximum absolute atomic E-state index is 12.2. The van der Waals surface area contributed by atoms with E-state index in [0.29, 0.717) is 11.4 Å². The molecule has 0 saturated carbocycles. The van der Waals surface area contributed by atoms with Crippen LogP contribution in [0.15, 0.2) is 58.3 Å². The largest absolute Gasteiger partial charge is 0.497 e. The maximum Gasteiger partial charge on any atom is 0.273 e. The molecule has 0 bridgehead atoms. The van der Waals surface area contributed by atoms with Gasteiger partial charge in [0.15, 0.2) is 0 Å². The Labute approximate surface area is 143 Å². The number of fused-ring (bicyclic) bond motifs is 1. The van der Waals surface area contributed by atoms with Gasteiger partial charge in [-0.15, -0.1) is 0 Å². The number of benzene rings is 2. The number of ether oxygens (including phenoxy) is 1. The summed E-state index contributed by atoms with van der Waals surface area (Å²) in [5.41, 5.74) is 3.99. The summed E-state index contributed by atoms with van der Waals surface area (Å²) >= 11 is 0. The number of para-hydroxylation sites is 1. The van der Waals surface area contributed by atoms with E-state index in [4.69, 9.17) is 4.74 Å². The van der Waals surface area contributed by atoms with Gasteiger partial charge in [0.05, 0.1) is 18.4 Å². The van der Waals surface area contributed by atoms with Crippen LogP contribution in [0, 0.1) is 0 Å². The van der Waals surface area contributed by atoms with Crippen molar-refractivity contribution in [2.75, 3.05) is 12.4 Å². The number of hydrogen-bond donors (Lipinski definition) is 3. The van der Waals surface area contributed by atoms with Crippen molar-refractivity contribution in [2.45, 2.75) is 0 Å². The molecule has 0 spiro atoms. The van der Waals surface area contributed by atoms with Crippen molar-refractivity contribution < 1.29 is 4.74 Å². The number of aliphatic imine (C=N–C) groups is 1. The lowest BCUT2D eigenvalue weighted by molar-refractivity contribution is 0.415. The van der Waals surface area contributed by atoms with E-state index in [9.17, 15) is 4.79 Å². The molecule has 6 heteroatoms. The Bertz CT molecular complexity index is 1030. The molecule has 0 radical (unpaired) electrons. The number of hydrogen-bond acceptors (Lipinski definition) is 4. The van der Waals surface area contributed by atoms with Crippen LogP contribution in [0.25, 0.3) is 11.6 Å². The number of H-pyrrole nitrogens is 2. The molecule has 124 valence electrons. The van der Waals surface area contributed by atoms with Crippen LogP contribution in [0.5, 0.6) is 5.75 Å². The zero-order valence-electron chi connectivity index (χ0n) is 13.5. The summed E-state index contributed by atoms with van der Waals surface area (Å²) in [6, 6.07) is 15.3. The predicted molar refractivity (Wildman–Crippen MR) is 100 cm³/mol. The van der Waals surface area contributed by atoms with Gasteiger partial charge in [0, 0.05) is 23.0 Å². The lowest BCUT2D eigenvalue weighted by Gasteiger charge is -2.06. The monoisotopic (exact) mass is 332 g/mol. The SMILES string of the molecule is COc1ccc(Nc2[nH][nH]c(=O)c2/C=C2/C=Nc3ccccc32)cc1. The van der Waals surface area contributed by atoms with E-state index in [2.05, 4.69) is 20.5 Å². The summed E-state index contributed by atoms with van der Waals surface area (Å²) in [7, 11) is 1.62. The van der Waals surface area contributed by atoms with E-state index in [1.54, 1.807) is 13.3 Å². The molecule has 0 fully saturated rings. The topological polar surface area (TPSA) is 82.3 Å². The zero-order chi connectivity index (χ0) is 17.2. The van der Waals surface area contributed by atoms with Crippen LogP contribution in [-0.4, -0.2) is 23.5 Å². The van der Waals surface area contributed by atoms with E-state index in [1.165, 1.54) is 0 Å². The van der Waals surface area contributed by atoms with Crippen LogP contribution in [0.1, 0.15) is 11.1 Å². The normalized spacial score (nSPS) is 13.9. The van der Waals surface area contributed by atoms with Crippen molar-refractivity contribution in [1.29, 1.82) is 0 Å². The second-order valence-corrected chi connectivity index (χ2v) is 5.60. The summed E-state index contributed by atoms with van der Waals surface area (Å²) in [4.78, 5) is 16.6. The van der Waals surface area contributed by atoms with Crippen LogP contribution in [0.2, 0.25) is 0 Å². The molecule has 6 nitrogen and oxygen atoms in total. The molecule has 2 heterocycles. The molecular weight excluding hydrogens is 316 g/mol. The van der Waals surface area contributed by atoms with Crippen molar-refractivity contribution in [1.82, 2.24) is 10.2 Å². The van der Waals surface area contributed by atoms with Gasteiger partial charge >= 0.3 is 0 Å². The van der Waals surface area contributed by atoms with Crippen molar-refractivity contribution in [3.8, 4) is 5.75 Å². The number of rotatable bonds is 4. The molecular formula is C19H16N4O2. The first-order chi connectivity index (χ1) is 12.2. The third-order valence-electron chi connectivity index (χ3n) is 4.03. The number of aromatic nitrogens is 2. The molecule has 1 aromatic heterocycles. The molecule has 3 N–H and O–H groups in total. The number of nitrogens with one attached hydrogen (secondary N) is 3. The van der Waals surface area contributed by atoms with Crippen LogP contribution < -0.4 is 15.6 Å². The molecule has 3 aromatic rings. The summed E-state index contributed by atoms with van der Waals surface area (Å²) in [5, 5.41) is 8.71. The Morgan fingerprint density at radius 3 is 2.68 bits per heavy atom. The minimum absolute atomic E-state index is 0.193. The average Bonchev–Trinajstić information content (AvgIpc) is 3.21. The summed E-state index contributed by atoms with van der Waals surface area (Å²) in [5.74, 6) is 1.37. The molecule has 0 unspecified atom stereocenters. The van der Waals surface area contributed by atoms with Gasteiger partial charge in [-0.3, -0.25) is 20.0 Å². The highest BCUT2D eigenvalue weighted by Gasteiger charge is 2.14. The summed E-state index contributed by atoms with van der Waals surface area (Å²) < 4.78 is 5.15. The van der Waals surface area contributed by atoms with E-state index < -0.39 is 0 Å². The van der Waals surface area contributed by atoms with Crippen molar-refractivity contribution >= 4 is 35.1 Å². The highest BCUT2D eigenvalue weighted by Crippen LogP contribution is 2.32.